The molecule has 2 fully saturated rings. The van der Waals surface area contributed by atoms with E-state index in [1.54, 1.807) is 6.92 Å². The Hall–Kier alpha value is -1.43. The predicted octanol–water partition coefficient (Wildman–Crippen LogP) is 2.18. The van der Waals surface area contributed by atoms with E-state index in [2.05, 4.69) is 25.8 Å². The van der Waals surface area contributed by atoms with Crippen molar-refractivity contribution in [3.63, 3.8) is 0 Å². The third kappa shape index (κ3) is 2.02. The number of hydrogen-bond donors (Lipinski definition) is 1. The van der Waals surface area contributed by atoms with E-state index < -0.39 is 11.8 Å². The van der Waals surface area contributed by atoms with Crippen molar-refractivity contribution in [2.45, 2.75) is 20.3 Å². The summed E-state index contributed by atoms with van der Waals surface area (Å²) in [4.78, 5) is 29.5. The van der Waals surface area contributed by atoms with Crippen LogP contribution in [0.25, 0.3) is 0 Å². The van der Waals surface area contributed by atoms with Crippen LogP contribution in [0.2, 0.25) is 0 Å². The van der Waals surface area contributed by atoms with Gasteiger partial charge in [-0.1, -0.05) is 0 Å². The van der Waals surface area contributed by atoms with E-state index in [1.807, 2.05) is 6.92 Å². The van der Waals surface area contributed by atoms with Crippen LogP contribution in [0.15, 0.2) is 4.47 Å². The summed E-state index contributed by atoms with van der Waals surface area (Å²) >= 11 is 3.48. The van der Waals surface area contributed by atoms with Crippen molar-refractivity contribution in [1.29, 1.82) is 0 Å². The van der Waals surface area contributed by atoms with E-state index >= 15 is 0 Å². The van der Waals surface area contributed by atoms with Gasteiger partial charge in [-0.15, -0.1) is 0 Å². The number of carbonyl (C=O) groups excluding carboxylic acids is 1. The Kier molecular flexibility index (Phi) is 3.08. The van der Waals surface area contributed by atoms with E-state index in [0.717, 1.165) is 23.3 Å². The fourth-order valence-corrected chi connectivity index (χ4v) is 3.60. The van der Waals surface area contributed by atoms with Gasteiger partial charge in [-0.25, -0.2) is 4.79 Å². The Balaban J connectivity index is 2.13. The third-order valence-corrected chi connectivity index (χ3v) is 5.13. The number of aliphatic carboxylic acids is 1. The van der Waals surface area contributed by atoms with Crippen LogP contribution in [0.4, 0.5) is 5.69 Å². The highest BCUT2D eigenvalue weighted by Crippen LogP contribution is 2.48. The number of carbonyl (C=O) groups is 2. The smallest absolute Gasteiger partial charge is 0.377 e. The lowest BCUT2D eigenvalue weighted by Gasteiger charge is -2.25. The second kappa shape index (κ2) is 4.55. The molecule has 0 radical (unpaired) electrons. The van der Waals surface area contributed by atoms with Crippen LogP contribution in [0, 0.1) is 25.7 Å². The van der Waals surface area contributed by atoms with Crippen LogP contribution in [0.1, 0.15) is 28.2 Å². The van der Waals surface area contributed by atoms with E-state index in [-0.39, 0.29) is 5.56 Å². The number of piperidine rings is 1. The number of carboxylic acids is 1. The molecule has 106 valence electrons. The number of halogens is 1. The molecule has 1 aromatic heterocycles. The molecule has 1 saturated heterocycles. The second-order valence-electron chi connectivity index (χ2n) is 5.62. The van der Waals surface area contributed by atoms with Crippen molar-refractivity contribution in [1.82, 2.24) is 4.98 Å². The number of Topliss-reactive ketones (excluding diaryl/α,β-unsaturated/α-hetero) is 1. The molecule has 0 bridgehead atoms. The summed E-state index contributed by atoms with van der Waals surface area (Å²) in [6.45, 7) is 5.33. The molecule has 1 aromatic rings. The molecule has 1 aliphatic heterocycles. The molecule has 0 spiro atoms. The molecule has 3 rings (SSSR count). The number of ketones is 1. The zero-order valence-corrected chi connectivity index (χ0v) is 12.9. The van der Waals surface area contributed by atoms with Gasteiger partial charge in [0.2, 0.25) is 0 Å². The predicted molar refractivity (Wildman–Crippen MR) is 77.2 cm³/mol. The van der Waals surface area contributed by atoms with Crippen LogP contribution in [0.3, 0.4) is 0 Å². The van der Waals surface area contributed by atoms with Crippen molar-refractivity contribution in [2.75, 3.05) is 18.0 Å². The first-order valence-electron chi connectivity index (χ1n) is 6.59. The summed E-state index contributed by atoms with van der Waals surface area (Å²) < 4.78 is 0.731. The SMILES string of the molecule is Cc1nc(C)c(C(=O)C(=O)O)c(N2CC3CC3C2)c1Br. The highest BCUT2D eigenvalue weighted by atomic mass is 79.9. The maximum Gasteiger partial charge on any atom is 0.377 e. The van der Waals surface area contributed by atoms with Gasteiger partial charge in [0.1, 0.15) is 0 Å². The normalized spacial score (nSPS) is 23.6. The summed E-state index contributed by atoms with van der Waals surface area (Å²) in [7, 11) is 0. The van der Waals surface area contributed by atoms with Gasteiger partial charge in [-0.3, -0.25) is 9.78 Å². The molecule has 2 heterocycles. The summed E-state index contributed by atoms with van der Waals surface area (Å²) in [6.07, 6.45) is 1.25. The van der Waals surface area contributed by atoms with Crippen LogP contribution in [-0.4, -0.2) is 34.9 Å². The minimum absolute atomic E-state index is 0.219. The standard InChI is InChI=1S/C14H15BrN2O3/c1-6-10(13(18)14(19)20)12(11(15)7(2)16-6)17-4-8-3-9(8)5-17/h8-9H,3-5H2,1-2H3,(H,19,20). The Morgan fingerprint density at radius 3 is 2.40 bits per heavy atom. The molecular weight excluding hydrogens is 324 g/mol. The Morgan fingerprint density at radius 1 is 1.25 bits per heavy atom. The minimum atomic E-state index is -1.43. The van der Waals surface area contributed by atoms with Crippen molar-refractivity contribution >= 4 is 33.4 Å². The molecule has 6 heteroatoms. The summed E-state index contributed by atoms with van der Waals surface area (Å²) in [5.41, 5.74) is 2.18. The van der Waals surface area contributed by atoms with Crippen LogP contribution in [0.5, 0.6) is 0 Å². The van der Waals surface area contributed by atoms with E-state index in [0.29, 0.717) is 23.2 Å². The average Bonchev–Trinajstić information content (AvgIpc) is 2.99. The first-order chi connectivity index (χ1) is 9.40. The Bertz CT molecular complexity index is 619. The van der Waals surface area contributed by atoms with Gasteiger partial charge >= 0.3 is 5.97 Å². The molecule has 2 unspecified atom stereocenters. The zero-order valence-electron chi connectivity index (χ0n) is 11.3. The monoisotopic (exact) mass is 338 g/mol. The number of hydrogen-bond acceptors (Lipinski definition) is 4. The number of anilines is 1. The Morgan fingerprint density at radius 2 is 1.85 bits per heavy atom. The average molecular weight is 339 g/mol. The molecule has 20 heavy (non-hydrogen) atoms. The van der Waals surface area contributed by atoms with Crippen molar-refractivity contribution in [3.05, 3.63) is 21.4 Å². The van der Waals surface area contributed by atoms with Gasteiger partial charge in [0.05, 0.1) is 27.1 Å². The molecule has 0 amide bonds. The lowest BCUT2D eigenvalue weighted by molar-refractivity contribution is -0.131. The summed E-state index contributed by atoms with van der Waals surface area (Å²) in [5.74, 6) is -0.922. The molecule has 1 N–H and O–H groups in total. The number of nitrogens with zero attached hydrogens (tertiary/aromatic N) is 2. The topological polar surface area (TPSA) is 70.5 Å². The maximum atomic E-state index is 12.0. The first kappa shape index (κ1) is 13.5. The van der Waals surface area contributed by atoms with E-state index in [1.165, 1.54) is 6.42 Å². The second-order valence-corrected chi connectivity index (χ2v) is 6.41. The highest BCUT2D eigenvalue weighted by Gasteiger charge is 2.46. The van der Waals surface area contributed by atoms with Gasteiger partial charge < -0.3 is 10.0 Å². The van der Waals surface area contributed by atoms with Gasteiger partial charge in [0.25, 0.3) is 5.78 Å². The van der Waals surface area contributed by atoms with Crippen LogP contribution >= 0.6 is 15.9 Å². The molecule has 1 aliphatic carbocycles. The lowest BCUT2D eigenvalue weighted by Crippen LogP contribution is -2.27. The number of carboxylic acid groups (broad SMARTS) is 1. The Labute approximate surface area is 125 Å². The van der Waals surface area contributed by atoms with Gasteiger partial charge in [-0.2, -0.15) is 0 Å². The zero-order chi connectivity index (χ0) is 14.6. The fourth-order valence-electron chi connectivity index (χ4n) is 3.07. The maximum absolute atomic E-state index is 12.0. The summed E-state index contributed by atoms with van der Waals surface area (Å²) in [6, 6.07) is 0. The molecule has 5 nitrogen and oxygen atoms in total. The lowest BCUT2D eigenvalue weighted by atomic mass is 10.0. The van der Waals surface area contributed by atoms with Crippen LogP contribution < -0.4 is 4.90 Å². The largest absolute Gasteiger partial charge is 0.475 e. The van der Waals surface area contributed by atoms with Crippen molar-refractivity contribution < 1.29 is 14.7 Å². The van der Waals surface area contributed by atoms with Gasteiger partial charge in [0.15, 0.2) is 0 Å². The van der Waals surface area contributed by atoms with Crippen LogP contribution in [-0.2, 0) is 4.79 Å². The fraction of sp³-hybridized carbons (Fsp3) is 0.500. The molecule has 1 saturated carbocycles. The molecule has 2 aliphatic rings. The first-order valence-corrected chi connectivity index (χ1v) is 7.38. The van der Waals surface area contributed by atoms with Crippen molar-refractivity contribution in [3.8, 4) is 0 Å². The molecule has 2 atom stereocenters. The van der Waals surface area contributed by atoms with Gasteiger partial charge in [0, 0.05) is 13.1 Å². The number of aromatic nitrogens is 1. The number of pyridine rings is 1. The number of fused-ring (bicyclic) bond motifs is 1. The third-order valence-electron chi connectivity index (χ3n) is 4.18. The summed E-state index contributed by atoms with van der Waals surface area (Å²) in [5, 5.41) is 9.04. The molecule has 0 aromatic carbocycles. The van der Waals surface area contributed by atoms with Gasteiger partial charge in [-0.05, 0) is 48.0 Å². The van der Waals surface area contributed by atoms with E-state index in [4.69, 9.17) is 5.11 Å². The quantitative estimate of drug-likeness (QED) is 0.675. The minimum Gasteiger partial charge on any atom is -0.475 e. The van der Waals surface area contributed by atoms with E-state index in [9.17, 15) is 9.59 Å². The van der Waals surface area contributed by atoms with Crippen molar-refractivity contribution in [2.24, 2.45) is 11.8 Å². The number of rotatable bonds is 3. The number of aryl methyl sites for hydroxylation is 2. The highest BCUT2D eigenvalue weighted by molar-refractivity contribution is 9.10. The molecular formula is C14H15BrN2O3.